The monoisotopic (exact) mass is 381 g/mol. The van der Waals surface area contributed by atoms with E-state index >= 15 is 0 Å². The maximum Gasteiger partial charge on any atom is 0.188 e. The van der Waals surface area contributed by atoms with E-state index in [0.29, 0.717) is 12.5 Å². The Morgan fingerprint density at radius 1 is 1.47 bits per heavy atom. The maximum atomic E-state index is 5.72. The highest BCUT2D eigenvalue weighted by atomic mass is 127. The first-order chi connectivity index (χ1) is 8.83. The zero-order chi connectivity index (χ0) is 13.1. The fourth-order valence-electron chi connectivity index (χ4n) is 1.46. The SMILES string of the molecule is CCOCCCNC(N)=NCCCn1cccn1.I. The Labute approximate surface area is 131 Å². The number of hydrogen-bond donors (Lipinski definition) is 2. The van der Waals surface area contributed by atoms with Gasteiger partial charge in [0, 0.05) is 45.2 Å². The summed E-state index contributed by atoms with van der Waals surface area (Å²) in [5, 5.41) is 7.18. The Hall–Kier alpha value is -0.830. The summed E-state index contributed by atoms with van der Waals surface area (Å²) in [4.78, 5) is 4.24. The van der Waals surface area contributed by atoms with Crippen molar-refractivity contribution in [2.24, 2.45) is 10.7 Å². The molecular weight excluding hydrogens is 357 g/mol. The minimum absolute atomic E-state index is 0. The number of guanidine groups is 1. The van der Waals surface area contributed by atoms with Gasteiger partial charge < -0.3 is 15.8 Å². The van der Waals surface area contributed by atoms with Gasteiger partial charge in [0.2, 0.25) is 0 Å². The van der Waals surface area contributed by atoms with E-state index in [1.807, 2.05) is 23.9 Å². The Morgan fingerprint density at radius 2 is 2.32 bits per heavy atom. The third-order valence-electron chi connectivity index (χ3n) is 2.36. The molecule has 0 aliphatic rings. The van der Waals surface area contributed by atoms with Crippen molar-refractivity contribution in [2.75, 3.05) is 26.3 Å². The second kappa shape index (κ2) is 12.2. The number of hydrogen-bond acceptors (Lipinski definition) is 3. The van der Waals surface area contributed by atoms with Crippen LogP contribution in [0.25, 0.3) is 0 Å². The molecule has 0 amide bonds. The number of rotatable bonds is 9. The molecule has 0 aliphatic heterocycles. The van der Waals surface area contributed by atoms with Crippen molar-refractivity contribution >= 4 is 29.9 Å². The van der Waals surface area contributed by atoms with Crippen LogP contribution in [0.2, 0.25) is 0 Å². The van der Waals surface area contributed by atoms with Gasteiger partial charge >= 0.3 is 0 Å². The molecule has 1 aromatic rings. The van der Waals surface area contributed by atoms with Gasteiger partial charge in [0.15, 0.2) is 5.96 Å². The number of nitrogens with zero attached hydrogens (tertiary/aromatic N) is 3. The lowest BCUT2D eigenvalue weighted by Crippen LogP contribution is -2.33. The Bertz CT molecular complexity index is 329. The number of aromatic nitrogens is 2. The summed E-state index contributed by atoms with van der Waals surface area (Å²) >= 11 is 0. The van der Waals surface area contributed by atoms with Gasteiger partial charge in [-0.1, -0.05) is 0 Å². The Morgan fingerprint density at radius 3 is 3.00 bits per heavy atom. The van der Waals surface area contributed by atoms with E-state index in [-0.39, 0.29) is 24.0 Å². The second-order valence-corrected chi connectivity index (χ2v) is 3.87. The van der Waals surface area contributed by atoms with Gasteiger partial charge in [0.05, 0.1) is 0 Å². The first-order valence-corrected chi connectivity index (χ1v) is 6.42. The van der Waals surface area contributed by atoms with Gasteiger partial charge in [-0.15, -0.1) is 24.0 Å². The van der Waals surface area contributed by atoms with Crippen LogP contribution in [-0.2, 0) is 11.3 Å². The summed E-state index contributed by atoms with van der Waals surface area (Å²) < 4.78 is 7.11. The van der Waals surface area contributed by atoms with Crippen molar-refractivity contribution in [2.45, 2.75) is 26.3 Å². The minimum atomic E-state index is 0. The normalized spacial score (nSPS) is 11.1. The van der Waals surface area contributed by atoms with Crippen molar-refractivity contribution in [3.63, 3.8) is 0 Å². The molecule has 0 fully saturated rings. The molecule has 0 saturated heterocycles. The molecule has 1 rings (SSSR count). The van der Waals surface area contributed by atoms with E-state index in [1.165, 1.54) is 0 Å². The van der Waals surface area contributed by atoms with E-state index < -0.39 is 0 Å². The lowest BCUT2D eigenvalue weighted by molar-refractivity contribution is 0.145. The average Bonchev–Trinajstić information content (AvgIpc) is 2.87. The molecule has 1 aromatic heterocycles. The Balaban J connectivity index is 0.00000324. The first-order valence-electron chi connectivity index (χ1n) is 6.42. The fraction of sp³-hybridized carbons (Fsp3) is 0.667. The molecule has 0 atom stereocenters. The summed E-state index contributed by atoms with van der Waals surface area (Å²) in [6.07, 6.45) is 5.59. The molecule has 0 bridgehead atoms. The number of aryl methyl sites for hydroxylation is 1. The minimum Gasteiger partial charge on any atom is -0.382 e. The molecule has 0 spiro atoms. The number of ether oxygens (including phenoxy) is 1. The number of nitrogens with one attached hydrogen (secondary N) is 1. The maximum absolute atomic E-state index is 5.72. The predicted octanol–water partition coefficient (Wildman–Crippen LogP) is 1.22. The van der Waals surface area contributed by atoms with Crippen LogP contribution in [0.3, 0.4) is 0 Å². The van der Waals surface area contributed by atoms with Crippen molar-refractivity contribution in [1.82, 2.24) is 15.1 Å². The molecule has 0 unspecified atom stereocenters. The molecule has 6 nitrogen and oxygen atoms in total. The van der Waals surface area contributed by atoms with Gasteiger partial charge in [0.25, 0.3) is 0 Å². The van der Waals surface area contributed by atoms with Crippen LogP contribution in [0.15, 0.2) is 23.5 Å². The first kappa shape index (κ1) is 18.2. The van der Waals surface area contributed by atoms with Crippen LogP contribution in [0.1, 0.15) is 19.8 Å². The lowest BCUT2D eigenvalue weighted by Gasteiger charge is -2.05. The lowest BCUT2D eigenvalue weighted by atomic mass is 10.4. The highest BCUT2D eigenvalue weighted by Crippen LogP contribution is 1.89. The van der Waals surface area contributed by atoms with Crippen molar-refractivity contribution < 1.29 is 4.74 Å². The molecule has 3 N–H and O–H groups in total. The third-order valence-corrected chi connectivity index (χ3v) is 2.36. The largest absolute Gasteiger partial charge is 0.382 e. The van der Waals surface area contributed by atoms with E-state index in [0.717, 1.165) is 39.1 Å². The highest BCUT2D eigenvalue weighted by molar-refractivity contribution is 14.0. The van der Waals surface area contributed by atoms with Crippen molar-refractivity contribution in [3.05, 3.63) is 18.5 Å². The molecule has 7 heteroatoms. The van der Waals surface area contributed by atoms with Crippen LogP contribution in [0.4, 0.5) is 0 Å². The molecule has 110 valence electrons. The molecule has 0 radical (unpaired) electrons. The summed E-state index contributed by atoms with van der Waals surface area (Å²) in [5.41, 5.74) is 5.72. The smallest absolute Gasteiger partial charge is 0.188 e. The quantitative estimate of drug-likeness (QED) is 0.292. The molecule has 0 saturated carbocycles. The summed E-state index contributed by atoms with van der Waals surface area (Å²) in [6, 6.07) is 1.91. The molecule has 0 aromatic carbocycles. The van der Waals surface area contributed by atoms with E-state index in [4.69, 9.17) is 10.5 Å². The van der Waals surface area contributed by atoms with E-state index in [2.05, 4.69) is 15.4 Å². The number of nitrogens with two attached hydrogens (primary N) is 1. The average molecular weight is 381 g/mol. The van der Waals surface area contributed by atoms with Crippen LogP contribution in [0.5, 0.6) is 0 Å². The standard InChI is InChI=1S/C12H23N5O.HI/c1-2-18-11-5-7-15-12(13)14-6-3-9-17-10-4-8-16-17;/h4,8,10H,2-3,5-7,9,11H2,1H3,(H3,13,14,15);1H. The van der Waals surface area contributed by atoms with Crippen LogP contribution >= 0.6 is 24.0 Å². The highest BCUT2D eigenvalue weighted by Gasteiger charge is 1.93. The molecule has 1 heterocycles. The number of aliphatic imine (C=N–C) groups is 1. The molecule has 0 aliphatic carbocycles. The van der Waals surface area contributed by atoms with Gasteiger partial charge in [-0.3, -0.25) is 9.67 Å². The third kappa shape index (κ3) is 9.71. The number of halogens is 1. The molecular formula is C12H24IN5O. The van der Waals surface area contributed by atoms with Gasteiger partial charge in [-0.25, -0.2) is 0 Å². The summed E-state index contributed by atoms with van der Waals surface area (Å²) in [5.74, 6) is 0.506. The second-order valence-electron chi connectivity index (χ2n) is 3.87. The summed E-state index contributed by atoms with van der Waals surface area (Å²) in [7, 11) is 0. The predicted molar refractivity (Wildman–Crippen MR) is 87.9 cm³/mol. The van der Waals surface area contributed by atoms with Gasteiger partial charge in [-0.2, -0.15) is 5.10 Å². The molecule has 19 heavy (non-hydrogen) atoms. The van der Waals surface area contributed by atoms with Crippen molar-refractivity contribution in [1.29, 1.82) is 0 Å². The zero-order valence-electron chi connectivity index (χ0n) is 11.4. The van der Waals surface area contributed by atoms with E-state index in [9.17, 15) is 0 Å². The van der Waals surface area contributed by atoms with Crippen LogP contribution in [-0.4, -0.2) is 42.0 Å². The van der Waals surface area contributed by atoms with Crippen molar-refractivity contribution in [3.8, 4) is 0 Å². The van der Waals surface area contributed by atoms with Gasteiger partial charge in [-0.05, 0) is 25.8 Å². The van der Waals surface area contributed by atoms with Gasteiger partial charge in [0.1, 0.15) is 0 Å². The van der Waals surface area contributed by atoms with E-state index in [1.54, 1.807) is 6.20 Å². The zero-order valence-corrected chi connectivity index (χ0v) is 13.7. The summed E-state index contributed by atoms with van der Waals surface area (Å²) in [6.45, 7) is 5.89. The van der Waals surface area contributed by atoms with Crippen LogP contribution in [0, 0.1) is 0 Å². The van der Waals surface area contributed by atoms with Crippen LogP contribution < -0.4 is 11.1 Å². The topological polar surface area (TPSA) is 77.5 Å². The Kier molecular flexibility index (Phi) is 11.7. The fourth-order valence-corrected chi connectivity index (χ4v) is 1.46.